The first-order valence-corrected chi connectivity index (χ1v) is 8.63. The van der Waals surface area contributed by atoms with E-state index in [0.717, 1.165) is 22.6 Å². The van der Waals surface area contributed by atoms with Gasteiger partial charge in [0.25, 0.3) is 0 Å². The van der Waals surface area contributed by atoms with Crippen LogP contribution < -0.4 is 14.8 Å². The molecule has 0 fully saturated rings. The molecule has 4 nitrogen and oxygen atoms in total. The van der Waals surface area contributed by atoms with Crippen LogP contribution in [-0.2, 0) is 4.79 Å². The minimum atomic E-state index is -0.0969. The minimum absolute atomic E-state index is 0.0172. The van der Waals surface area contributed by atoms with E-state index in [1.807, 2.05) is 63.2 Å². The predicted octanol–water partition coefficient (Wildman–Crippen LogP) is 4.35. The van der Waals surface area contributed by atoms with Gasteiger partial charge >= 0.3 is 0 Å². The Hall–Kier alpha value is -2.49. The smallest absolute Gasteiger partial charge is 0.220 e. The molecule has 0 heterocycles. The van der Waals surface area contributed by atoms with E-state index in [9.17, 15) is 4.79 Å². The van der Waals surface area contributed by atoms with Crippen LogP contribution in [0.3, 0.4) is 0 Å². The summed E-state index contributed by atoms with van der Waals surface area (Å²) in [6.07, 6.45) is 1.11. The zero-order chi connectivity index (χ0) is 18.2. The van der Waals surface area contributed by atoms with Gasteiger partial charge in [-0.25, -0.2) is 0 Å². The lowest BCUT2D eigenvalue weighted by molar-refractivity contribution is -0.121. The summed E-state index contributed by atoms with van der Waals surface area (Å²) in [7, 11) is 1.64. The maximum atomic E-state index is 12.2. The topological polar surface area (TPSA) is 47.6 Å². The van der Waals surface area contributed by atoms with Crippen LogP contribution in [0.15, 0.2) is 42.5 Å². The molecule has 0 saturated heterocycles. The van der Waals surface area contributed by atoms with Gasteiger partial charge in [-0.1, -0.05) is 35.4 Å². The monoisotopic (exact) mass is 341 g/mol. The molecule has 0 radical (unpaired) electrons. The van der Waals surface area contributed by atoms with Crippen LogP contribution in [0.1, 0.15) is 42.5 Å². The molecule has 0 spiro atoms. The molecule has 1 atom stereocenters. The molecule has 1 amide bonds. The lowest BCUT2D eigenvalue weighted by Gasteiger charge is -2.18. The number of aryl methyl sites for hydroxylation is 2. The van der Waals surface area contributed by atoms with Crippen molar-refractivity contribution in [3.63, 3.8) is 0 Å². The van der Waals surface area contributed by atoms with Gasteiger partial charge in [0.1, 0.15) is 11.5 Å². The van der Waals surface area contributed by atoms with Crippen molar-refractivity contribution in [2.75, 3.05) is 13.7 Å². The van der Waals surface area contributed by atoms with Gasteiger partial charge in [-0.3, -0.25) is 4.79 Å². The van der Waals surface area contributed by atoms with E-state index in [1.165, 1.54) is 5.56 Å². The highest BCUT2D eigenvalue weighted by Crippen LogP contribution is 2.26. The predicted molar refractivity (Wildman–Crippen MR) is 100 cm³/mol. The van der Waals surface area contributed by atoms with Gasteiger partial charge in [-0.2, -0.15) is 0 Å². The molecular weight excluding hydrogens is 314 g/mol. The Morgan fingerprint density at radius 1 is 1.08 bits per heavy atom. The molecule has 25 heavy (non-hydrogen) atoms. The summed E-state index contributed by atoms with van der Waals surface area (Å²) in [5, 5.41) is 3.03. The van der Waals surface area contributed by atoms with Crippen molar-refractivity contribution in [1.82, 2.24) is 5.32 Å². The standard InChI is InChI=1S/C21H27NO3/c1-15-7-10-18(11-8-15)25-13-5-6-21(23)22-17(3)19-14-16(2)9-12-20(19)24-4/h7-12,14,17H,5-6,13H2,1-4H3,(H,22,23)/t17-/m0/s1. The third-order valence-electron chi connectivity index (χ3n) is 4.07. The zero-order valence-electron chi connectivity index (χ0n) is 15.5. The highest BCUT2D eigenvalue weighted by atomic mass is 16.5. The van der Waals surface area contributed by atoms with E-state index in [4.69, 9.17) is 9.47 Å². The van der Waals surface area contributed by atoms with Gasteiger partial charge in [0, 0.05) is 12.0 Å². The Morgan fingerprint density at radius 2 is 1.76 bits per heavy atom. The van der Waals surface area contributed by atoms with Crippen LogP contribution in [0.5, 0.6) is 11.5 Å². The Balaban J connectivity index is 1.78. The van der Waals surface area contributed by atoms with E-state index in [-0.39, 0.29) is 11.9 Å². The number of rotatable bonds is 8. The van der Waals surface area contributed by atoms with Gasteiger partial charge in [0.2, 0.25) is 5.91 Å². The number of hydrogen-bond acceptors (Lipinski definition) is 3. The van der Waals surface area contributed by atoms with Crippen LogP contribution in [0.4, 0.5) is 0 Å². The third kappa shape index (κ3) is 5.82. The number of ether oxygens (including phenoxy) is 2. The zero-order valence-corrected chi connectivity index (χ0v) is 15.5. The molecule has 0 bridgehead atoms. The summed E-state index contributed by atoms with van der Waals surface area (Å²) in [6.45, 7) is 6.56. The van der Waals surface area contributed by atoms with Gasteiger partial charge in [-0.15, -0.1) is 0 Å². The number of benzene rings is 2. The molecule has 0 aliphatic rings. The van der Waals surface area contributed by atoms with Crippen molar-refractivity contribution < 1.29 is 14.3 Å². The maximum absolute atomic E-state index is 12.2. The van der Waals surface area contributed by atoms with Crippen molar-refractivity contribution in [1.29, 1.82) is 0 Å². The van der Waals surface area contributed by atoms with Crippen LogP contribution in [0.2, 0.25) is 0 Å². The van der Waals surface area contributed by atoms with E-state index < -0.39 is 0 Å². The number of amides is 1. The summed E-state index contributed by atoms with van der Waals surface area (Å²) < 4.78 is 11.0. The van der Waals surface area contributed by atoms with Crippen molar-refractivity contribution in [3.8, 4) is 11.5 Å². The van der Waals surface area contributed by atoms with Gasteiger partial charge in [-0.05, 0) is 45.4 Å². The lowest BCUT2D eigenvalue weighted by atomic mass is 10.0. The number of carbonyl (C=O) groups excluding carboxylic acids is 1. The minimum Gasteiger partial charge on any atom is -0.496 e. The molecule has 1 N–H and O–H groups in total. The second kappa shape index (κ2) is 9.11. The first kappa shape index (κ1) is 18.8. The molecule has 2 rings (SSSR count). The quantitative estimate of drug-likeness (QED) is 0.726. The fraction of sp³-hybridized carbons (Fsp3) is 0.381. The molecule has 134 valence electrons. The van der Waals surface area contributed by atoms with Crippen LogP contribution in [0, 0.1) is 13.8 Å². The van der Waals surface area contributed by atoms with Crippen molar-refractivity contribution >= 4 is 5.91 Å². The van der Waals surface area contributed by atoms with Crippen LogP contribution in [0.25, 0.3) is 0 Å². The van der Waals surface area contributed by atoms with Gasteiger partial charge in [0.05, 0.1) is 19.8 Å². The highest BCUT2D eigenvalue weighted by Gasteiger charge is 2.14. The molecule has 0 aliphatic carbocycles. The van der Waals surface area contributed by atoms with Crippen LogP contribution in [-0.4, -0.2) is 19.6 Å². The average molecular weight is 341 g/mol. The first-order chi connectivity index (χ1) is 12.0. The third-order valence-corrected chi connectivity index (χ3v) is 4.07. The van der Waals surface area contributed by atoms with E-state index in [1.54, 1.807) is 7.11 Å². The molecule has 4 heteroatoms. The Kier molecular flexibility index (Phi) is 6.87. The Bertz CT molecular complexity index is 695. The summed E-state index contributed by atoms with van der Waals surface area (Å²) in [4.78, 5) is 12.2. The second-order valence-electron chi connectivity index (χ2n) is 6.30. The van der Waals surface area contributed by atoms with Crippen molar-refractivity contribution in [3.05, 3.63) is 59.2 Å². The number of hydrogen-bond donors (Lipinski definition) is 1. The highest BCUT2D eigenvalue weighted by molar-refractivity contribution is 5.76. The first-order valence-electron chi connectivity index (χ1n) is 8.63. The van der Waals surface area contributed by atoms with Gasteiger partial charge < -0.3 is 14.8 Å². The average Bonchev–Trinajstić information content (AvgIpc) is 2.60. The normalized spacial score (nSPS) is 11.7. The fourth-order valence-corrected chi connectivity index (χ4v) is 2.64. The van der Waals surface area contributed by atoms with Gasteiger partial charge in [0.15, 0.2) is 0 Å². The lowest BCUT2D eigenvalue weighted by Crippen LogP contribution is -2.27. The second-order valence-corrected chi connectivity index (χ2v) is 6.30. The summed E-state index contributed by atoms with van der Waals surface area (Å²) >= 11 is 0. The molecule has 0 aromatic heterocycles. The summed E-state index contributed by atoms with van der Waals surface area (Å²) in [5.74, 6) is 1.65. The molecule has 0 aliphatic heterocycles. The fourth-order valence-electron chi connectivity index (χ4n) is 2.64. The molecule has 2 aromatic rings. The SMILES string of the molecule is COc1ccc(C)cc1[C@H](C)NC(=O)CCCOc1ccc(C)cc1. The van der Waals surface area contributed by atoms with Crippen molar-refractivity contribution in [2.24, 2.45) is 0 Å². The molecule has 0 saturated carbocycles. The summed E-state index contributed by atoms with van der Waals surface area (Å²) in [5.41, 5.74) is 3.34. The molecule has 0 unspecified atom stereocenters. The van der Waals surface area contributed by atoms with Crippen molar-refractivity contribution in [2.45, 2.75) is 39.7 Å². The molecule has 2 aromatic carbocycles. The number of methoxy groups -OCH3 is 1. The largest absolute Gasteiger partial charge is 0.496 e. The maximum Gasteiger partial charge on any atom is 0.220 e. The number of carbonyl (C=O) groups is 1. The van der Waals surface area contributed by atoms with Crippen LogP contribution >= 0.6 is 0 Å². The Labute approximate surface area is 150 Å². The van der Waals surface area contributed by atoms with E-state index in [0.29, 0.717) is 19.4 Å². The Morgan fingerprint density at radius 3 is 2.44 bits per heavy atom. The summed E-state index contributed by atoms with van der Waals surface area (Å²) in [6, 6.07) is 13.8. The van der Waals surface area contributed by atoms with E-state index in [2.05, 4.69) is 5.32 Å². The number of nitrogens with one attached hydrogen (secondary N) is 1. The molecular formula is C21H27NO3. The van der Waals surface area contributed by atoms with E-state index >= 15 is 0 Å².